The highest BCUT2D eigenvalue weighted by Gasteiger charge is 2.15. The van der Waals surface area contributed by atoms with Gasteiger partial charge in [-0.25, -0.2) is 4.79 Å². The van der Waals surface area contributed by atoms with E-state index in [9.17, 15) is 14.4 Å². The van der Waals surface area contributed by atoms with Gasteiger partial charge in [0.25, 0.3) is 5.91 Å². The van der Waals surface area contributed by atoms with Gasteiger partial charge in [0.1, 0.15) is 5.60 Å². The molecule has 0 rings (SSSR count). The highest BCUT2D eigenvalue weighted by molar-refractivity contribution is 5.95. The summed E-state index contributed by atoms with van der Waals surface area (Å²) < 4.78 is 5.00. The molecule has 7 nitrogen and oxygen atoms in total. The van der Waals surface area contributed by atoms with Crippen LogP contribution in [0.5, 0.6) is 0 Å². The summed E-state index contributed by atoms with van der Waals surface area (Å²) >= 11 is 0. The molecule has 3 N–H and O–H groups in total. The lowest BCUT2D eigenvalue weighted by Crippen LogP contribution is -2.41. The zero-order valence-corrected chi connectivity index (χ0v) is 11.3. The van der Waals surface area contributed by atoms with Crippen LogP contribution in [0.1, 0.15) is 20.8 Å². The molecule has 0 saturated heterocycles. The minimum absolute atomic E-state index is 0.199. The average molecular weight is 269 g/mol. The Morgan fingerprint density at radius 1 is 1.11 bits per heavy atom. The predicted molar refractivity (Wildman–Crippen MR) is 69.1 cm³/mol. The quantitative estimate of drug-likeness (QED) is 0.457. The fourth-order valence-corrected chi connectivity index (χ4v) is 0.955. The molecule has 0 aromatic heterocycles. The molecule has 0 radical (unpaired) electrons. The van der Waals surface area contributed by atoms with Crippen LogP contribution < -0.4 is 16.0 Å². The van der Waals surface area contributed by atoms with Crippen molar-refractivity contribution in [3.8, 4) is 12.3 Å². The summed E-state index contributed by atoms with van der Waals surface area (Å²) in [4.78, 5) is 33.1. The number of alkyl carbamates (subject to hydrolysis) is 1. The van der Waals surface area contributed by atoms with Gasteiger partial charge in [-0.3, -0.25) is 9.59 Å². The molecule has 0 unspecified atom stereocenters. The summed E-state index contributed by atoms with van der Waals surface area (Å²) in [7, 11) is 0. The highest BCUT2D eigenvalue weighted by atomic mass is 16.6. The number of hydrogen-bond acceptors (Lipinski definition) is 4. The molecular weight excluding hydrogens is 250 g/mol. The predicted octanol–water partition coefficient (Wildman–Crippen LogP) is -0.623. The van der Waals surface area contributed by atoms with E-state index in [-0.39, 0.29) is 19.6 Å². The molecule has 19 heavy (non-hydrogen) atoms. The number of carbonyl (C=O) groups is 3. The molecule has 0 bridgehead atoms. The molecule has 0 aromatic rings. The lowest BCUT2D eigenvalue weighted by Gasteiger charge is -2.19. The molecule has 0 fully saturated rings. The lowest BCUT2D eigenvalue weighted by atomic mass is 10.2. The second kappa shape index (κ2) is 7.97. The van der Waals surface area contributed by atoms with E-state index in [0.717, 1.165) is 0 Å². The van der Waals surface area contributed by atoms with E-state index in [1.54, 1.807) is 20.8 Å². The van der Waals surface area contributed by atoms with Crippen molar-refractivity contribution in [2.75, 3.05) is 19.6 Å². The zero-order valence-electron chi connectivity index (χ0n) is 11.3. The summed E-state index contributed by atoms with van der Waals surface area (Å²) in [6.07, 6.45) is 4.26. The van der Waals surface area contributed by atoms with Gasteiger partial charge in [-0.15, -0.1) is 6.42 Å². The van der Waals surface area contributed by atoms with Crippen molar-refractivity contribution < 1.29 is 19.1 Å². The van der Waals surface area contributed by atoms with E-state index < -0.39 is 23.5 Å². The molecule has 0 saturated carbocycles. The Morgan fingerprint density at radius 3 is 2.21 bits per heavy atom. The fourth-order valence-electron chi connectivity index (χ4n) is 0.955. The molecule has 0 aliphatic rings. The second-order valence-electron chi connectivity index (χ2n) is 4.61. The van der Waals surface area contributed by atoms with Gasteiger partial charge in [0.15, 0.2) is 0 Å². The smallest absolute Gasteiger partial charge is 0.407 e. The van der Waals surface area contributed by atoms with Gasteiger partial charge in [-0.2, -0.15) is 0 Å². The van der Waals surface area contributed by atoms with Crippen molar-refractivity contribution in [3.63, 3.8) is 0 Å². The van der Waals surface area contributed by atoms with Gasteiger partial charge in [-0.05, 0) is 26.7 Å². The Balaban J connectivity index is 3.64. The Morgan fingerprint density at radius 2 is 1.68 bits per heavy atom. The third-order valence-corrected chi connectivity index (χ3v) is 1.66. The standard InChI is InChI=1S/C12H19N3O4/c1-5-9(16)15-8-10(17)13-6-7-14-11(18)19-12(2,3)4/h1H,6-8H2,2-4H3,(H,13,17)(H,14,18)(H,15,16). The summed E-state index contributed by atoms with van der Waals surface area (Å²) in [5, 5.41) is 7.18. The largest absolute Gasteiger partial charge is 0.444 e. The highest BCUT2D eigenvalue weighted by Crippen LogP contribution is 2.05. The van der Waals surface area contributed by atoms with Gasteiger partial charge in [0.2, 0.25) is 5.91 Å². The number of nitrogens with one attached hydrogen (secondary N) is 3. The van der Waals surface area contributed by atoms with E-state index in [0.29, 0.717) is 0 Å². The monoisotopic (exact) mass is 269 g/mol. The van der Waals surface area contributed by atoms with Crippen LogP contribution in [-0.2, 0) is 14.3 Å². The first kappa shape index (κ1) is 16.8. The van der Waals surface area contributed by atoms with E-state index >= 15 is 0 Å². The van der Waals surface area contributed by atoms with E-state index in [2.05, 4.69) is 16.0 Å². The first-order valence-electron chi connectivity index (χ1n) is 5.72. The van der Waals surface area contributed by atoms with E-state index in [4.69, 9.17) is 11.2 Å². The van der Waals surface area contributed by atoms with Gasteiger partial charge in [0.05, 0.1) is 6.54 Å². The number of hydrogen-bond donors (Lipinski definition) is 3. The van der Waals surface area contributed by atoms with Crippen LogP contribution in [0, 0.1) is 12.3 Å². The van der Waals surface area contributed by atoms with E-state index in [1.807, 2.05) is 5.92 Å². The lowest BCUT2D eigenvalue weighted by molar-refractivity contribution is -0.123. The molecule has 0 aliphatic heterocycles. The van der Waals surface area contributed by atoms with Crippen molar-refractivity contribution >= 4 is 17.9 Å². The maximum Gasteiger partial charge on any atom is 0.407 e. The SMILES string of the molecule is C#CC(=O)NCC(=O)NCCNC(=O)OC(C)(C)C. The number of ether oxygens (including phenoxy) is 1. The molecule has 0 atom stereocenters. The number of carbonyl (C=O) groups excluding carboxylic acids is 3. The Kier molecular flexibility index (Phi) is 7.04. The van der Waals surface area contributed by atoms with Gasteiger partial charge >= 0.3 is 6.09 Å². The number of terminal acetylenes is 1. The topological polar surface area (TPSA) is 96.5 Å². The summed E-state index contributed by atoms with van der Waals surface area (Å²) in [5.41, 5.74) is -0.563. The Bertz CT molecular complexity index is 379. The first-order valence-corrected chi connectivity index (χ1v) is 5.72. The van der Waals surface area contributed by atoms with Crippen LogP contribution in [0.25, 0.3) is 0 Å². The van der Waals surface area contributed by atoms with Crippen molar-refractivity contribution in [2.24, 2.45) is 0 Å². The molecule has 0 aromatic carbocycles. The van der Waals surface area contributed by atoms with Crippen molar-refractivity contribution in [1.82, 2.24) is 16.0 Å². The maximum absolute atomic E-state index is 11.2. The number of amides is 3. The van der Waals surface area contributed by atoms with Gasteiger partial charge < -0.3 is 20.7 Å². The van der Waals surface area contributed by atoms with Crippen LogP contribution in [0.3, 0.4) is 0 Å². The molecule has 7 heteroatoms. The van der Waals surface area contributed by atoms with E-state index in [1.165, 1.54) is 0 Å². The maximum atomic E-state index is 11.2. The molecular formula is C12H19N3O4. The minimum atomic E-state index is -0.651. The minimum Gasteiger partial charge on any atom is -0.444 e. The van der Waals surface area contributed by atoms with Crippen LogP contribution in [0.4, 0.5) is 4.79 Å². The molecule has 106 valence electrons. The Hall–Kier alpha value is -2.23. The number of rotatable bonds is 5. The molecule has 0 spiro atoms. The molecule has 0 aliphatic carbocycles. The van der Waals surface area contributed by atoms with Crippen LogP contribution >= 0.6 is 0 Å². The van der Waals surface area contributed by atoms with Crippen molar-refractivity contribution in [1.29, 1.82) is 0 Å². The average Bonchev–Trinajstić information content (AvgIpc) is 2.29. The first-order chi connectivity index (χ1) is 8.74. The van der Waals surface area contributed by atoms with Gasteiger partial charge in [0, 0.05) is 13.1 Å². The van der Waals surface area contributed by atoms with Crippen LogP contribution in [-0.4, -0.2) is 43.1 Å². The van der Waals surface area contributed by atoms with Crippen molar-refractivity contribution in [3.05, 3.63) is 0 Å². The Labute approximate surface area is 112 Å². The molecule has 0 heterocycles. The summed E-state index contributed by atoms with van der Waals surface area (Å²) in [6, 6.07) is 0. The van der Waals surface area contributed by atoms with Crippen LogP contribution in [0.2, 0.25) is 0 Å². The van der Waals surface area contributed by atoms with Crippen LogP contribution in [0.15, 0.2) is 0 Å². The zero-order chi connectivity index (χ0) is 14.9. The summed E-state index contributed by atoms with van der Waals surface area (Å²) in [6.45, 7) is 5.51. The fraction of sp³-hybridized carbons (Fsp3) is 0.583. The summed E-state index contributed by atoms with van der Waals surface area (Å²) in [5.74, 6) is 0.776. The van der Waals surface area contributed by atoms with Crippen molar-refractivity contribution in [2.45, 2.75) is 26.4 Å². The normalized spacial score (nSPS) is 10.0. The third-order valence-electron chi connectivity index (χ3n) is 1.66. The third kappa shape index (κ3) is 10.6. The molecule has 3 amide bonds. The second-order valence-corrected chi connectivity index (χ2v) is 4.61. The van der Waals surface area contributed by atoms with Gasteiger partial charge in [-0.1, -0.05) is 0 Å².